The third-order valence-corrected chi connectivity index (χ3v) is 3.59. The van der Waals surface area contributed by atoms with Crippen LogP contribution in [0.3, 0.4) is 0 Å². The lowest BCUT2D eigenvalue weighted by molar-refractivity contribution is -0.306. The fourth-order valence-corrected chi connectivity index (χ4v) is 2.73. The summed E-state index contributed by atoms with van der Waals surface area (Å²) in [6.45, 7) is 4.84. The first-order chi connectivity index (χ1) is 13.4. The highest BCUT2D eigenvalue weighted by Gasteiger charge is 2.54. The molecule has 0 saturated carbocycles. The first-order valence-corrected chi connectivity index (χ1v) is 8.58. The van der Waals surface area contributed by atoms with Gasteiger partial charge in [-0.2, -0.15) is 0 Å². The largest absolute Gasteiger partial charge is 0.462 e. The normalized spacial score (nSPS) is 27.2. The van der Waals surface area contributed by atoms with Gasteiger partial charge in [0.25, 0.3) is 0 Å². The van der Waals surface area contributed by atoms with Crippen molar-refractivity contribution >= 4 is 29.8 Å². The molecule has 0 amide bonds. The van der Waals surface area contributed by atoms with Crippen LogP contribution in [0.25, 0.3) is 0 Å². The lowest BCUT2D eigenvalue weighted by Crippen LogP contribution is -2.64. The number of rotatable bonds is 7. The number of carbonyl (C=O) groups excluding carboxylic acids is 5. The molecule has 1 saturated heterocycles. The summed E-state index contributed by atoms with van der Waals surface area (Å²) in [5.41, 5.74) is 0. The van der Waals surface area contributed by atoms with E-state index in [1.807, 2.05) is 0 Å². The molecule has 0 aromatic rings. The van der Waals surface area contributed by atoms with Gasteiger partial charge < -0.3 is 33.5 Å². The number of ether oxygens (including phenoxy) is 6. The van der Waals surface area contributed by atoms with Crippen LogP contribution in [0.2, 0.25) is 0 Å². The molecule has 1 N–H and O–H groups in total. The molecular formula is C17H24O12. The van der Waals surface area contributed by atoms with Crippen molar-refractivity contribution < 1.29 is 57.5 Å². The van der Waals surface area contributed by atoms with E-state index in [-0.39, 0.29) is 0 Å². The Hall–Kier alpha value is -2.73. The van der Waals surface area contributed by atoms with E-state index in [0.29, 0.717) is 0 Å². The predicted octanol–water partition coefficient (Wildman–Crippen LogP) is -1.01. The summed E-state index contributed by atoms with van der Waals surface area (Å²) in [6.07, 6.45) is -9.10. The van der Waals surface area contributed by atoms with E-state index in [2.05, 4.69) is 0 Å². The molecule has 1 fully saturated rings. The van der Waals surface area contributed by atoms with Crippen LogP contribution in [-0.2, 0) is 52.4 Å². The third kappa shape index (κ3) is 7.66. The number of hydrogen-bond acceptors (Lipinski definition) is 12. The molecule has 1 aliphatic heterocycles. The minimum Gasteiger partial charge on any atom is -0.462 e. The Morgan fingerprint density at radius 2 is 1.24 bits per heavy atom. The van der Waals surface area contributed by atoms with Gasteiger partial charge in [0.05, 0.1) is 0 Å². The van der Waals surface area contributed by atoms with Gasteiger partial charge >= 0.3 is 29.8 Å². The molecule has 0 aromatic carbocycles. The summed E-state index contributed by atoms with van der Waals surface area (Å²) in [6, 6.07) is 0. The zero-order valence-electron chi connectivity index (χ0n) is 16.6. The molecule has 0 aliphatic carbocycles. The second-order valence-electron chi connectivity index (χ2n) is 6.16. The fraction of sp³-hybridized carbons (Fsp3) is 0.706. The molecular weight excluding hydrogens is 396 g/mol. The Morgan fingerprint density at radius 1 is 0.759 bits per heavy atom. The minimum absolute atomic E-state index is 0.505. The summed E-state index contributed by atoms with van der Waals surface area (Å²) in [4.78, 5) is 57.2. The first kappa shape index (κ1) is 24.3. The summed E-state index contributed by atoms with van der Waals surface area (Å²) < 4.78 is 30.5. The smallest absolute Gasteiger partial charge is 0.303 e. The lowest BCUT2D eigenvalue weighted by Gasteiger charge is -2.44. The summed E-state index contributed by atoms with van der Waals surface area (Å²) >= 11 is 0. The standard InChI is InChI=1S/C17H24O12/c1-7(18)24-6-12(25-8(2)19)13-14(26-9(3)20)15(27-10(4)21)16(17(23)29-13)28-11(5)22/h12-17,23H,6H2,1-5H3/t12-,13?,14-,15?,16?,17-/m0/s1. The highest BCUT2D eigenvalue weighted by Crippen LogP contribution is 2.30. The van der Waals surface area contributed by atoms with E-state index in [1.54, 1.807) is 0 Å². The number of carbonyl (C=O) groups is 5. The maximum absolute atomic E-state index is 11.6. The van der Waals surface area contributed by atoms with E-state index >= 15 is 0 Å². The van der Waals surface area contributed by atoms with Crippen molar-refractivity contribution in [2.24, 2.45) is 0 Å². The molecule has 164 valence electrons. The van der Waals surface area contributed by atoms with Crippen LogP contribution in [0.4, 0.5) is 0 Å². The van der Waals surface area contributed by atoms with Crippen LogP contribution >= 0.6 is 0 Å². The predicted molar refractivity (Wildman–Crippen MR) is 89.7 cm³/mol. The van der Waals surface area contributed by atoms with Crippen molar-refractivity contribution in [1.29, 1.82) is 0 Å². The molecule has 3 unspecified atom stereocenters. The summed E-state index contributed by atoms with van der Waals surface area (Å²) in [5.74, 6) is -3.97. The van der Waals surface area contributed by atoms with Crippen LogP contribution in [-0.4, -0.2) is 78.4 Å². The van der Waals surface area contributed by atoms with Crippen molar-refractivity contribution in [3.05, 3.63) is 0 Å². The SMILES string of the molecule is CC(=O)OC[C@H](OC(C)=O)C1O[C@H](O)C(OC(C)=O)C(OC(C)=O)[C@H]1OC(C)=O. The van der Waals surface area contributed by atoms with Crippen LogP contribution in [0.15, 0.2) is 0 Å². The molecule has 29 heavy (non-hydrogen) atoms. The minimum atomic E-state index is -1.84. The van der Waals surface area contributed by atoms with E-state index in [4.69, 9.17) is 28.4 Å². The van der Waals surface area contributed by atoms with Gasteiger partial charge in [-0.1, -0.05) is 0 Å². The van der Waals surface area contributed by atoms with Gasteiger partial charge in [-0.25, -0.2) is 0 Å². The number of hydrogen-bond donors (Lipinski definition) is 1. The van der Waals surface area contributed by atoms with Crippen LogP contribution in [0, 0.1) is 0 Å². The molecule has 0 aromatic heterocycles. The molecule has 0 spiro atoms. The third-order valence-electron chi connectivity index (χ3n) is 3.59. The van der Waals surface area contributed by atoms with Crippen molar-refractivity contribution in [3.63, 3.8) is 0 Å². The molecule has 1 rings (SSSR count). The maximum Gasteiger partial charge on any atom is 0.303 e. The Kier molecular flexibility index (Phi) is 8.98. The zero-order valence-corrected chi connectivity index (χ0v) is 16.6. The molecule has 12 heteroatoms. The second-order valence-corrected chi connectivity index (χ2v) is 6.16. The summed E-state index contributed by atoms with van der Waals surface area (Å²) in [5, 5.41) is 10.3. The Morgan fingerprint density at radius 3 is 1.69 bits per heavy atom. The zero-order chi connectivity index (χ0) is 22.3. The average molecular weight is 420 g/mol. The monoisotopic (exact) mass is 420 g/mol. The van der Waals surface area contributed by atoms with Gasteiger partial charge in [0.15, 0.2) is 30.7 Å². The van der Waals surface area contributed by atoms with Crippen molar-refractivity contribution in [3.8, 4) is 0 Å². The molecule has 1 heterocycles. The van der Waals surface area contributed by atoms with Crippen molar-refractivity contribution in [2.75, 3.05) is 6.61 Å². The molecule has 0 radical (unpaired) electrons. The number of aliphatic hydroxyl groups is 1. The lowest BCUT2D eigenvalue weighted by atomic mass is 9.94. The average Bonchev–Trinajstić information content (AvgIpc) is 2.55. The van der Waals surface area contributed by atoms with Gasteiger partial charge in [-0.05, 0) is 0 Å². The Bertz CT molecular complexity index is 644. The molecule has 0 bridgehead atoms. The van der Waals surface area contributed by atoms with Gasteiger partial charge in [-0.3, -0.25) is 24.0 Å². The number of aliphatic hydroxyl groups excluding tert-OH is 1. The van der Waals surface area contributed by atoms with E-state index < -0.39 is 73.3 Å². The highest BCUT2D eigenvalue weighted by atomic mass is 16.7. The first-order valence-electron chi connectivity index (χ1n) is 8.58. The van der Waals surface area contributed by atoms with Gasteiger partial charge in [0, 0.05) is 34.6 Å². The van der Waals surface area contributed by atoms with E-state index in [1.165, 1.54) is 0 Å². The van der Waals surface area contributed by atoms with Gasteiger partial charge in [-0.15, -0.1) is 0 Å². The fourth-order valence-electron chi connectivity index (χ4n) is 2.73. The van der Waals surface area contributed by atoms with Crippen molar-refractivity contribution in [2.45, 2.75) is 71.4 Å². The summed E-state index contributed by atoms with van der Waals surface area (Å²) in [7, 11) is 0. The molecule has 1 aliphatic rings. The van der Waals surface area contributed by atoms with Gasteiger partial charge in [0.1, 0.15) is 12.7 Å². The molecule has 6 atom stereocenters. The van der Waals surface area contributed by atoms with Crippen LogP contribution in [0.5, 0.6) is 0 Å². The highest BCUT2D eigenvalue weighted by molar-refractivity contribution is 5.69. The topological polar surface area (TPSA) is 161 Å². The quantitative estimate of drug-likeness (QED) is 0.395. The molecule has 12 nitrogen and oxygen atoms in total. The van der Waals surface area contributed by atoms with Crippen LogP contribution < -0.4 is 0 Å². The van der Waals surface area contributed by atoms with Crippen molar-refractivity contribution in [1.82, 2.24) is 0 Å². The van der Waals surface area contributed by atoms with E-state index in [9.17, 15) is 29.1 Å². The van der Waals surface area contributed by atoms with Crippen LogP contribution in [0.1, 0.15) is 34.6 Å². The Balaban J connectivity index is 3.34. The Labute approximate surface area is 166 Å². The maximum atomic E-state index is 11.6. The van der Waals surface area contributed by atoms with Gasteiger partial charge in [0.2, 0.25) is 0 Å². The van der Waals surface area contributed by atoms with E-state index in [0.717, 1.165) is 34.6 Å². The second kappa shape index (κ2) is 10.7. The number of esters is 5.